The van der Waals surface area contributed by atoms with Crippen LogP contribution < -0.4 is 5.32 Å². The van der Waals surface area contributed by atoms with Crippen LogP contribution in [-0.4, -0.2) is 24.7 Å². The van der Waals surface area contributed by atoms with Gasteiger partial charge in [-0.15, -0.1) is 11.3 Å². The van der Waals surface area contributed by atoms with E-state index >= 15 is 0 Å². The second-order valence-corrected chi connectivity index (χ2v) is 7.24. The Morgan fingerprint density at radius 3 is 2.87 bits per heavy atom. The summed E-state index contributed by atoms with van der Waals surface area (Å²) < 4.78 is 1.78. The lowest BCUT2D eigenvalue weighted by molar-refractivity contribution is 0.678. The molecule has 0 fully saturated rings. The zero-order chi connectivity index (χ0) is 16.0. The number of thiazole rings is 1. The van der Waals surface area contributed by atoms with Gasteiger partial charge in [-0.3, -0.25) is 4.68 Å². The van der Waals surface area contributed by atoms with E-state index in [0.717, 1.165) is 34.1 Å². The van der Waals surface area contributed by atoms with Crippen LogP contribution in [0.3, 0.4) is 0 Å². The predicted molar refractivity (Wildman–Crippen MR) is 91.8 cm³/mol. The highest BCUT2D eigenvalue weighted by molar-refractivity contribution is 7.11. The molecule has 0 bridgehead atoms. The van der Waals surface area contributed by atoms with Crippen LogP contribution in [0.15, 0.2) is 6.20 Å². The van der Waals surface area contributed by atoms with Crippen molar-refractivity contribution in [3.8, 4) is 0 Å². The molecule has 1 aliphatic carbocycles. The van der Waals surface area contributed by atoms with E-state index in [1.165, 1.54) is 29.8 Å². The van der Waals surface area contributed by atoms with Crippen molar-refractivity contribution in [3.05, 3.63) is 27.6 Å². The summed E-state index contributed by atoms with van der Waals surface area (Å²) in [6, 6.07) is 0.128. The van der Waals surface area contributed by atoms with Crippen molar-refractivity contribution in [2.24, 2.45) is 7.05 Å². The Hall–Kier alpha value is -2.02. The Labute approximate surface area is 139 Å². The molecule has 7 heteroatoms. The summed E-state index contributed by atoms with van der Waals surface area (Å²) >= 11 is 1.84. The SMILES string of the molecule is Cc1nc(NC(C)c2nc3c(s2)CCCC3)c2cnn(C)c2n1. The second kappa shape index (κ2) is 5.56. The third kappa shape index (κ3) is 2.59. The van der Waals surface area contributed by atoms with Crippen LogP contribution in [-0.2, 0) is 19.9 Å². The molecule has 0 radical (unpaired) electrons. The Morgan fingerprint density at radius 1 is 1.22 bits per heavy atom. The summed E-state index contributed by atoms with van der Waals surface area (Å²) in [6.45, 7) is 4.05. The van der Waals surface area contributed by atoms with Crippen LogP contribution in [0.4, 0.5) is 5.82 Å². The first-order valence-electron chi connectivity index (χ1n) is 8.03. The minimum atomic E-state index is 0.128. The lowest BCUT2D eigenvalue weighted by atomic mass is 10.0. The Morgan fingerprint density at radius 2 is 2.04 bits per heavy atom. The van der Waals surface area contributed by atoms with E-state index in [1.807, 2.05) is 31.5 Å². The maximum Gasteiger partial charge on any atom is 0.163 e. The molecule has 1 unspecified atom stereocenters. The van der Waals surface area contributed by atoms with Gasteiger partial charge in [0.15, 0.2) is 5.65 Å². The molecule has 3 aromatic heterocycles. The van der Waals surface area contributed by atoms with Crippen LogP contribution >= 0.6 is 11.3 Å². The molecular formula is C16H20N6S. The van der Waals surface area contributed by atoms with E-state index in [1.54, 1.807) is 4.68 Å². The number of aryl methyl sites for hydroxylation is 4. The quantitative estimate of drug-likeness (QED) is 0.800. The van der Waals surface area contributed by atoms with E-state index in [2.05, 4.69) is 27.3 Å². The second-order valence-electron chi connectivity index (χ2n) is 6.12. The van der Waals surface area contributed by atoms with Crippen LogP contribution in [0.1, 0.15) is 47.2 Å². The topological polar surface area (TPSA) is 68.5 Å². The fraction of sp³-hybridized carbons (Fsp3) is 0.500. The van der Waals surface area contributed by atoms with Crippen LogP contribution in [0, 0.1) is 6.92 Å². The fourth-order valence-electron chi connectivity index (χ4n) is 3.07. The zero-order valence-corrected chi connectivity index (χ0v) is 14.4. The molecule has 1 atom stereocenters. The van der Waals surface area contributed by atoms with Gasteiger partial charge in [-0.25, -0.2) is 15.0 Å². The highest BCUT2D eigenvalue weighted by Crippen LogP contribution is 2.32. The van der Waals surface area contributed by atoms with E-state index in [-0.39, 0.29) is 6.04 Å². The molecule has 0 aliphatic heterocycles. The predicted octanol–water partition coefficient (Wildman–Crippen LogP) is 3.18. The molecule has 0 saturated carbocycles. The number of anilines is 1. The van der Waals surface area contributed by atoms with E-state index in [9.17, 15) is 0 Å². The van der Waals surface area contributed by atoms with E-state index in [4.69, 9.17) is 4.98 Å². The highest BCUT2D eigenvalue weighted by atomic mass is 32.1. The molecule has 6 nitrogen and oxygen atoms in total. The van der Waals surface area contributed by atoms with Crippen molar-refractivity contribution in [3.63, 3.8) is 0 Å². The first kappa shape index (κ1) is 14.6. The molecule has 0 saturated heterocycles. The summed E-state index contributed by atoms with van der Waals surface area (Å²) in [4.78, 5) is 15.3. The number of hydrogen-bond donors (Lipinski definition) is 1. The van der Waals surface area contributed by atoms with Gasteiger partial charge in [0.25, 0.3) is 0 Å². The van der Waals surface area contributed by atoms with Gasteiger partial charge in [0.2, 0.25) is 0 Å². The minimum Gasteiger partial charge on any atom is -0.360 e. The molecule has 1 aliphatic rings. The number of hydrogen-bond acceptors (Lipinski definition) is 6. The molecular weight excluding hydrogens is 308 g/mol. The molecule has 3 heterocycles. The molecule has 0 amide bonds. The molecule has 4 rings (SSSR count). The number of nitrogens with one attached hydrogen (secondary N) is 1. The molecule has 0 aromatic carbocycles. The van der Waals surface area contributed by atoms with Gasteiger partial charge < -0.3 is 5.32 Å². The molecule has 23 heavy (non-hydrogen) atoms. The molecule has 120 valence electrons. The average Bonchev–Trinajstić information content (AvgIpc) is 3.12. The smallest absolute Gasteiger partial charge is 0.163 e. The number of nitrogens with zero attached hydrogens (tertiary/aromatic N) is 5. The highest BCUT2D eigenvalue weighted by Gasteiger charge is 2.20. The number of rotatable bonds is 3. The van der Waals surface area contributed by atoms with Crippen LogP contribution in [0.5, 0.6) is 0 Å². The largest absolute Gasteiger partial charge is 0.360 e. The van der Waals surface area contributed by atoms with Gasteiger partial charge in [0.1, 0.15) is 16.6 Å². The van der Waals surface area contributed by atoms with E-state index < -0.39 is 0 Å². The van der Waals surface area contributed by atoms with Crippen LogP contribution in [0.2, 0.25) is 0 Å². The Balaban J connectivity index is 1.66. The molecule has 3 aromatic rings. The molecule has 0 spiro atoms. The average molecular weight is 328 g/mol. The van der Waals surface area contributed by atoms with Crippen LogP contribution in [0.25, 0.3) is 11.0 Å². The monoisotopic (exact) mass is 328 g/mol. The first-order valence-corrected chi connectivity index (χ1v) is 8.85. The fourth-order valence-corrected chi connectivity index (χ4v) is 4.22. The third-order valence-electron chi connectivity index (χ3n) is 4.29. The minimum absolute atomic E-state index is 0.128. The number of aromatic nitrogens is 5. The van der Waals surface area contributed by atoms with E-state index in [0.29, 0.717) is 0 Å². The summed E-state index contributed by atoms with van der Waals surface area (Å²) in [7, 11) is 1.90. The van der Waals surface area contributed by atoms with Gasteiger partial charge in [-0.2, -0.15) is 5.10 Å². The normalized spacial score (nSPS) is 15.6. The summed E-state index contributed by atoms with van der Waals surface area (Å²) in [5.74, 6) is 1.58. The standard InChI is InChI=1S/C16H20N6S/c1-9(16-21-12-6-4-5-7-13(12)23-16)18-14-11-8-17-22(3)15(11)20-10(2)19-14/h8-9H,4-7H2,1-3H3,(H,18,19,20). The van der Waals surface area contributed by atoms with Gasteiger partial charge in [-0.1, -0.05) is 0 Å². The summed E-state index contributed by atoms with van der Waals surface area (Å²) in [6.07, 6.45) is 6.67. The van der Waals surface area contributed by atoms with Crippen molar-refractivity contribution in [2.75, 3.05) is 5.32 Å². The first-order chi connectivity index (χ1) is 11.1. The van der Waals surface area contributed by atoms with Crippen molar-refractivity contribution in [2.45, 2.75) is 45.6 Å². The maximum atomic E-state index is 4.85. The van der Waals surface area contributed by atoms with Gasteiger partial charge in [0, 0.05) is 11.9 Å². The Bertz CT molecular complexity index is 841. The van der Waals surface area contributed by atoms with Gasteiger partial charge in [-0.05, 0) is 39.5 Å². The van der Waals surface area contributed by atoms with Crippen molar-refractivity contribution < 1.29 is 0 Å². The van der Waals surface area contributed by atoms with Crippen molar-refractivity contribution >= 4 is 28.2 Å². The summed E-state index contributed by atoms with van der Waals surface area (Å²) in [5, 5.41) is 9.89. The number of fused-ring (bicyclic) bond motifs is 2. The Kier molecular flexibility index (Phi) is 3.52. The maximum absolute atomic E-state index is 4.85. The van der Waals surface area contributed by atoms with Gasteiger partial charge >= 0.3 is 0 Å². The molecule has 1 N–H and O–H groups in total. The zero-order valence-electron chi connectivity index (χ0n) is 13.6. The van der Waals surface area contributed by atoms with Crippen molar-refractivity contribution in [1.82, 2.24) is 24.7 Å². The van der Waals surface area contributed by atoms with Crippen molar-refractivity contribution in [1.29, 1.82) is 0 Å². The lowest BCUT2D eigenvalue weighted by Gasteiger charge is -2.13. The van der Waals surface area contributed by atoms with Gasteiger partial charge in [0.05, 0.1) is 23.3 Å². The summed E-state index contributed by atoms with van der Waals surface area (Å²) in [5.41, 5.74) is 2.15. The lowest BCUT2D eigenvalue weighted by Crippen LogP contribution is -2.09. The third-order valence-corrected chi connectivity index (χ3v) is 5.63.